The second kappa shape index (κ2) is 7.23. The number of carbonyl (C=O) groups excluding carboxylic acids is 1. The third-order valence-corrected chi connectivity index (χ3v) is 4.80. The molecule has 134 valence electrons. The van der Waals surface area contributed by atoms with E-state index in [1.165, 1.54) is 0 Å². The predicted molar refractivity (Wildman–Crippen MR) is 92.2 cm³/mol. The Hall–Kier alpha value is -2.76. The summed E-state index contributed by atoms with van der Waals surface area (Å²) in [5, 5.41) is 17.2. The zero-order valence-electron chi connectivity index (χ0n) is 14.4. The highest BCUT2D eigenvalue weighted by molar-refractivity contribution is 5.92. The molecule has 1 amide bonds. The van der Waals surface area contributed by atoms with Crippen LogP contribution in [0.25, 0.3) is 0 Å². The van der Waals surface area contributed by atoms with Gasteiger partial charge in [-0.25, -0.2) is 4.68 Å². The number of likely N-dealkylation sites (tertiary alicyclic amines) is 1. The first-order valence-corrected chi connectivity index (χ1v) is 8.73. The van der Waals surface area contributed by atoms with E-state index < -0.39 is 0 Å². The van der Waals surface area contributed by atoms with Crippen LogP contribution in [0.1, 0.15) is 27.7 Å². The van der Waals surface area contributed by atoms with Crippen molar-refractivity contribution in [1.82, 2.24) is 24.8 Å². The van der Waals surface area contributed by atoms with Gasteiger partial charge in [0, 0.05) is 32.7 Å². The van der Waals surface area contributed by atoms with E-state index >= 15 is 0 Å². The molecule has 8 heteroatoms. The third-order valence-electron chi connectivity index (χ3n) is 4.80. The van der Waals surface area contributed by atoms with Gasteiger partial charge in [-0.05, 0) is 17.7 Å². The van der Waals surface area contributed by atoms with E-state index in [-0.39, 0.29) is 11.9 Å². The Kier molecular flexibility index (Phi) is 4.65. The maximum Gasteiger partial charge on any atom is 0.276 e. The molecule has 0 atom stereocenters. The summed E-state index contributed by atoms with van der Waals surface area (Å²) in [5.74, 6) is -0.0796. The number of rotatable bonds is 4. The Labute approximate surface area is 151 Å². The SMILES string of the molecule is N#Cc1cccc(CN2CC(n3cc(C(=O)N4CCOCC4)nn3)C2)c1. The molecular formula is C18H20N6O2. The van der Waals surface area contributed by atoms with E-state index in [0.717, 1.165) is 25.2 Å². The summed E-state index contributed by atoms with van der Waals surface area (Å²) in [5.41, 5.74) is 2.21. The molecule has 0 unspecified atom stereocenters. The van der Waals surface area contributed by atoms with Crippen LogP contribution < -0.4 is 0 Å². The summed E-state index contributed by atoms with van der Waals surface area (Å²) < 4.78 is 7.06. The Morgan fingerprint density at radius 2 is 2.12 bits per heavy atom. The normalized spacial score (nSPS) is 18.3. The maximum absolute atomic E-state index is 12.4. The average Bonchev–Trinajstić information content (AvgIpc) is 3.14. The minimum absolute atomic E-state index is 0.0796. The molecule has 0 spiro atoms. The lowest BCUT2D eigenvalue weighted by atomic mass is 10.1. The number of nitrogens with zero attached hydrogens (tertiary/aromatic N) is 6. The summed E-state index contributed by atoms with van der Waals surface area (Å²) in [6, 6.07) is 10.1. The van der Waals surface area contributed by atoms with Crippen molar-refractivity contribution in [1.29, 1.82) is 5.26 Å². The van der Waals surface area contributed by atoms with Gasteiger partial charge in [0.15, 0.2) is 5.69 Å². The minimum atomic E-state index is -0.0796. The van der Waals surface area contributed by atoms with Gasteiger partial charge in [-0.15, -0.1) is 5.10 Å². The molecule has 0 radical (unpaired) electrons. The van der Waals surface area contributed by atoms with Crippen LogP contribution in [0.4, 0.5) is 0 Å². The molecule has 1 aromatic carbocycles. The Morgan fingerprint density at radius 1 is 1.31 bits per heavy atom. The van der Waals surface area contributed by atoms with Crippen LogP contribution in [0.5, 0.6) is 0 Å². The summed E-state index contributed by atoms with van der Waals surface area (Å²) in [7, 11) is 0. The summed E-state index contributed by atoms with van der Waals surface area (Å²) >= 11 is 0. The lowest BCUT2D eigenvalue weighted by molar-refractivity contribution is 0.0299. The van der Waals surface area contributed by atoms with Crippen molar-refractivity contribution >= 4 is 5.91 Å². The molecule has 0 bridgehead atoms. The number of morpholine rings is 1. The largest absolute Gasteiger partial charge is 0.378 e. The Balaban J connectivity index is 1.32. The lowest BCUT2D eigenvalue weighted by Gasteiger charge is -2.38. The van der Waals surface area contributed by atoms with Crippen LogP contribution in [-0.2, 0) is 11.3 Å². The molecular weight excluding hydrogens is 332 g/mol. The molecule has 0 aliphatic carbocycles. The summed E-state index contributed by atoms with van der Waals surface area (Å²) in [4.78, 5) is 16.5. The predicted octanol–water partition coefficient (Wildman–Crippen LogP) is 0.679. The number of benzene rings is 1. The fourth-order valence-corrected chi connectivity index (χ4v) is 3.32. The molecule has 0 saturated carbocycles. The van der Waals surface area contributed by atoms with Crippen molar-refractivity contribution in [3.63, 3.8) is 0 Å². The topological polar surface area (TPSA) is 87.3 Å². The standard InChI is InChI=1S/C18H20N6O2/c19-9-14-2-1-3-15(8-14)10-22-11-16(12-22)24-13-17(20-21-24)18(25)23-4-6-26-7-5-23/h1-3,8,13,16H,4-7,10-12H2. The van der Waals surface area contributed by atoms with Gasteiger partial charge in [0.25, 0.3) is 5.91 Å². The van der Waals surface area contributed by atoms with Gasteiger partial charge < -0.3 is 9.64 Å². The molecule has 1 aromatic heterocycles. The Bertz CT molecular complexity index is 830. The number of nitriles is 1. The lowest BCUT2D eigenvalue weighted by Crippen LogP contribution is -2.47. The number of carbonyl (C=O) groups is 1. The van der Waals surface area contributed by atoms with E-state index in [2.05, 4.69) is 21.3 Å². The number of ether oxygens (including phenoxy) is 1. The summed E-state index contributed by atoms with van der Waals surface area (Å²) in [6.45, 7) is 4.86. The number of aromatic nitrogens is 3. The molecule has 26 heavy (non-hydrogen) atoms. The van der Waals surface area contributed by atoms with E-state index in [9.17, 15) is 4.79 Å². The van der Waals surface area contributed by atoms with Crippen molar-refractivity contribution < 1.29 is 9.53 Å². The first-order valence-electron chi connectivity index (χ1n) is 8.73. The smallest absolute Gasteiger partial charge is 0.276 e. The molecule has 2 fully saturated rings. The second-order valence-electron chi connectivity index (χ2n) is 6.65. The van der Waals surface area contributed by atoms with E-state index in [4.69, 9.17) is 10.00 Å². The zero-order chi connectivity index (χ0) is 17.9. The van der Waals surface area contributed by atoms with E-state index in [0.29, 0.717) is 37.6 Å². The van der Waals surface area contributed by atoms with Gasteiger partial charge >= 0.3 is 0 Å². The van der Waals surface area contributed by atoms with Gasteiger partial charge in [-0.3, -0.25) is 9.69 Å². The van der Waals surface area contributed by atoms with Crippen molar-refractivity contribution in [2.75, 3.05) is 39.4 Å². The molecule has 8 nitrogen and oxygen atoms in total. The van der Waals surface area contributed by atoms with Crippen LogP contribution >= 0.6 is 0 Å². The molecule has 4 rings (SSSR count). The fraction of sp³-hybridized carbons (Fsp3) is 0.444. The zero-order valence-corrected chi connectivity index (χ0v) is 14.4. The maximum atomic E-state index is 12.4. The first-order chi connectivity index (χ1) is 12.7. The molecule has 3 heterocycles. The highest BCUT2D eigenvalue weighted by atomic mass is 16.5. The molecule has 2 aromatic rings. The number of amides is 1. The van der Waals surface area contributed by atoms with Gasteiger partial charge in [-0.2, -0.15) is 5.26 Å². The quantitative estimate of drug-likeness (QED) is 0.804. The Morgan fingerprint density at radius 3 is 2.88 bits per heavy atom. The second-order valence-corrected chi connectivity index (χ2v) is 6.65. The van der Waals surface area contributed by atoms with Crippen LogP contribution in [-0.4, -0.2) is 70.1 Å². The van der Waals surface area contributed by atoms with Crippen molar-refractivity contribution in [3.05, 3.63) is 47.3 Å². The first kappa shape index (κ1) is 16.7. The average molecular weight is 352 g/mol. The van der Waals surface area contributed by atoms with Crippen molar-refractivity contribution in [3.8, 4) is 6.07 Å². The van der Waals surface area contributed by atoms with E-state index in [1.807, 2.05) is 24.3 Å². The van der Waals surface area contributed by atoms with Gasteiger partial charge in [0.2, 0.25) is 0 Å². The number of hydrogen-bond acceptors (Lipinski definition) is 6. The van der Waals surface area contributed by atoms with Crippen molar-refractivity contribution in [2.45, 2.75) is 12.6 Å². The highest BCUT2D eigenvalue weighted by Gasteiger charge is 2.30. The highest BCUT2D eigenvalue weighted by Crippen LogP contribution is 2.23. The molecule has 2 aliphatic rings. The summed E-state index contributed by atoms with van der Waals surface area (Å²) in [6.07, 6.45) is 1.75. The third kappa shape index (κ3) is 3.45. The molecule has 2 saturated heterocycles. The molecule has 2 aliphatic heterocycles. The van der Waals surface area contributed by atoms with Gasteiger partial charge in [-0.1, -0.05) is 17.3 Å². The van der Waals surface area contributed by atoms with Gasteiger partial charge in [0.05, 0.1) is 37.1 Å². The minimum Gasteiger partial charge on any atom is -0.378 e. The van der Waals surface area contributed by atoms with Crippen molar-refractivity contribution in [2.24, 2.45) is 0 Å². The van der Waals surface area contributed by atoms with E-state index in [1.54, 1.807) is 15.8 Å². The van der Waals surface area contributed by atoms with Crippen LogP contribution in [0.15, 0.2) is 30.5 Å². The van der Waals surface area contributed by atoms with Crippen LogP contribution in [0, 0.1) is 11.3 Å². The molecule has 0 N–H and O–H groups in total. The number of hydrogen-bond donors (Lipinski definition) is 0. The fourth-order valence-electron chi connectivity index (χ4n) is 3.32. The van der Waals surface area contributed by atoms with Crippen LogP contribution in [0.2, 0.25) is 0 Å². The van der Waals surface area contributed by atoms with Crippen LogP contribution in [0.3, 0.4) is 0 Å². The monoisotopic (exact) mass is 352 g/mol. The van der Waals surface area contributed by atoms with Gasteiger partial charge in [0.1, 0.15) is 0 Å².